The molecule has 0 saturated heterocycles. The first kappa shape index (κ1) is 17.7. The van der Waals surface area contributed by atoms with Gasteiger partial charge in [-0.1, -0.05) is 19.3 Å². The van der Waals surface area contributed by atoms with Gasteiger partial charge in [0.2, 0.25) is 5.91 Å². The molecule has 0 aliphatic heterocycles. The van der Waals surface area contributed by atoms with Crippen LogP contribution in [0.15, 0.2) is 0 Å². The second kappa shape index (κ2) is 6.74. The highest BCUT2D eigenvalue weighted by Crippen LogP contribution is 2.26. The highest BCUT2D eigenvalue weighted by Gasteiger charge is 2.38. The van der Waals surface area contributed by atoms with E-state index < -0.39 is 17.7 Å². The molecule has 0 unspecified atom stereocenters. The number of carbonyl (C=O) groups excluding carboxylic acids is 1. The highest BCUT2D eigenvalue weighted by atomic mass is 19.4. The molecule has 5 nitrogen and oxygen atoms in total. The molecule has 19 heavy (non-hydrogen) atoms. The van der Waals surface area contributed by atoms with Crippen molar-refractivity contribution >= 4 is 11.9 Å². The summed E-state index contributed by atoms with van der Waals surface area (Å²) < 4.78 is 31.7. The SMILES string of the molecule is CN(C)C(=O)C1(N)CCCCC1.O=C(O)C(F)(F)F. The molecule has 1 rings (SSSR count). The van der Waals surface area contributed by atoms with E-state index in [1.807, 2.05) is 0 Å². The van der Waals surface area contributed by atoms with Gasteiger partial charge in [-0.15, -0.1) is 0 Å². The molecule has 0 radical (unpaired) electrons. The van der Waals surface area contributed by atoms with E-state index in [2.05, 4.69) is 0 Å². The highest BCUT2D eigenvalue weighted by molar-refractivity contribution is 5.85. The number of nitrogens with two attached hydrogens (primary N) is 1. The average molecular weight is 284 g/mol. The number of alkyl halides is 3. The number of nitrogens with zero attached hydrogens (tertiary/aromatic N) is 1. The maximum Gasteiger partial charge on any atom is 0.490 e. The van der Waals surface area contributed by atoms with Gasteiger partial charge in [-0.05, 0) is 12.8 Å². The van der Waals surface area contributed by atoms with Crippen LogP contribution in [0.5, 0.6) is 0 Å². The minimum Gasteiger partial charge on any atom is -0.475 e. The second-order valence-electron chi connectivity index (χ2n) is 4.72. The molecular formula is C11H19F3N2O3. The summed E-state index contributed by atoms with van der Waals surface area (Å²) in [5, 5.41) is 7.12. The molecule has 1 saturated carbocycles. The summed E-state index contributed by atoms with van der Waals surface area (Å²) in [6.45, 7) is 0. The summed E-state index contributed by atoms with van der Waals surface area (Å²) in [6, 6.07) is 0. The number of amides is 1. The van der Waals surface area contributed by atoms with Gasteiger partial charge in [-0.3, -0.25) is 4.79 Å². The lowest BCUT2D eigenvalue weighted by Gasteiger charge is -2.33. The predicted octanol–water partition coefficient (Wildman–Crippen LogP) is 1.37. The Bertz CT molecular complexity index is 324. The fraction of sp³-hybridized carbons (Fsp3) is 0.818. The zero-order valence-corrected chi connectivity index (χ0v) is 11.0. The first-order chi connectivity index (χ1) is 8.50. The predicted molar refractivity (Wildman–Crippen MR) is 62.4 cm³/mol. The molecule has 1 aliphatic carbocycles. The molecule has 3 N–H and O–H groups in total. The number of aliphatic carboxylic acids is 1. The van der Waals surface area contributed by atoms with E-state index >= 15 is 0 Å². The molecule has 1 aliphatic rings. The quantitative estimate of drug-likeness (QED) is 0.761. The molecule has 0 aromatic carbocycles. The van der Waals surface area contributed by atoms with Crippen LogP contribution in [0.4, 0.5) is 13.2 Å². The van der Waals surface area contributed by atoms with Crippen LogP contribution in [0.3, 0.4) is 0 Å². The number of carbonyl (C=O) groups is 2. The van der Waals surface area contributed by atoms with Crippen molar-refractivity contribution in [1.29, 1.82) is 0 Å². The average Bonchev–Trinajstić information content (AvgIpc) is 2.28. The van der Waals surface area contributed by atoms with Gasteiger partial charge in [-0.2, -0.15) is 13.2 Å². The summed E-state index contributed by atoms with van der Waals surface area (Å²) in [4.78, 5) is 22.1. The van der Waals surface area contributed by atoms with Crippen LogP contribution in [0, 0.1) is 0 Å². The van der Waals surface area contributed by atoms with Crippen LogP contribution in [-0.2, 0) is 9.59 Å². The standard InChI is InChI=1S/C9H18N2O.C2HF3O2/c1-11(2)8(12)9(10)6-4-3-5-7-9;3-2(4,5)1(6)7/h3-7,10H2,1-2H3;(H,6,7). The summed E-state index contributed by atoms with van der Waals surface area (Å²) in [5.41, 5.74) is 5.46. The lowest BCUT2D eigenvalue weighted by atomic mass is 9.81. The van der Waals surface area contributed by atoms with E-state index in [9.17, 15) is 18.0 Å². The van der Waals surface area contributed by atoms with Gasteiger partial charge < -0.3 is 15.7 Å². The minimum atomic E-state index is -5.08. The van der Waals surface area contributed by atoms with Crippen LogP contribution in [0.2, 0.25) is 0 Å². The maximum atomic E-state index is 11.6. The van der Waals surface area contributed by atoms with E-state index in [-0.39, 0.29) is 5.91 Å². The molecule has 0 atom stereocenters. The lowest BCUT2D eigenvalue weighted by Crippen LogP contribution is -2.54. The molecule has 0 heterocycles. The number of likely N-dealkylation sites (N-methyl/N-ethyl adjacent to an activating group) is 1. The minimum absolute atomic E-state index is 0.0854. The van der Waals surface area contributed by atoms with E-state index in [4.69, 9.17) is 15.6 Å². The van der Waals surface area contributed by atoms with Gasteiger partial charge in [-0.25, -0.2) is 4.79 Å². The molecule has 1 amide bonds. The van der Waals surface area contributed by atoms with Crippen LogP contribution >= 0.6 is 0 Å². The fourth-order valence-electron chi connectivity index (χ4n) is 1.84. The summed E-state index contributed by atoms with van der Waals surface area (Å²) in [6.07, 6.45) is 0.0276. The van der Waals surface area contributed by atoms with E-state index in [1.165, 1.54) is 6.42 Å². The molecule has 8 heteroatoms. The number of hydrogen-bond donors (Lipinski definition) is 2. The molecule has 112 valence electrons. The van der Waals surface area contributed by atoms with Crippen molar-refractivity contribution in [3.05, 3.63) is 0 Å². The van der Waals surface area contributed by atoms with Gasteiger partial charge in [0.25, 0.3) is 0 Å². The lowest BCUT2D eigenvalue weighted by molar-refractivity contribution is -0.192. The maximum absolute atomic E-state index is 11.6. The van der Waals surface area contributed by atoms with Gasteiger partial charge >= 0.3 is 12.1 Å². The third-order valence-electron chi connectivity index (χ3n) is 2.82. The Morgan fingerprint density at radius 2 is 1.53 bits per heavy atom. The fourth-order valence-corrected chi connectivity index (χ4v) is 1.84. The van der Waals surface area contributed by atoms with Crippen molar-refractivity contribution in [3.63, 3.8) is 0 Å². The zero-order valence-electron chi connectivity index (χ0n) is 11.0. The van der Waals surface area contributed by atoms with Crippen LogP contribution in [0.1, 0.15) is 32.1 Å². The Hall–Kier alpha value is -1.31. The summed E-state index contributed by atoms with van der Waals surface area (Å²) >= 11 is 0. The second-order valence-corrected chi connectivity index (χ2v) is 4.72. The molecule has 0 bridgehead atoms. The van der Waals surface area contributed by atoms with Gasteiger partial charge in [0.1, 0.15) is 0 Å². The Morgan fingerprint density at radius 3 is 1.79 bits per heavy atom. The molecular weight excluding hydrogens is 265 g/mol. The molecule has 0 aromatic heterocycles. The van der Waals surface area contributed by atoms with Crippen molar-refractivity contribution in [3.8, 4) is 0 Å². The third-order valence-corrected chi connectivity index (χ3v) is 2.82. The van der Waals surface area contributed by atoms with Crippen molar-refractivity contribution in [2.24, 2.45) is 5.73 Å². The van der Waals surface area contributed by atoms with Crippen LogP contribution in [-0.4, -0.2) is 47.7 Å². The van der Waals surface area contributed by atoms with E-state index in [1.54, 1.807) is 19.0 Å². The topological polar surface area (TPSA) is 83.6 Å². The number of rotatable bonds is 1. The third kappa shape index (κ3) is 5.91. The molecule has 0 spiro atoms. The van der Waals surface area contributed by atoms with Crippen molar-refractivity contribution < 1.29 is 27.9 Å². The Morgan fingerprint density at radius 1 is 1.16 bits per heavy atom. The monoisotopic (exact) mass is 284 g/mol. The van der Waals surface area contributed by atoms with Crippen LogP contribution in [0.25, 0.3) is 0 Å². The number of halogens is 3. The van der Waals surface area contributed by atoms with E-state index in [0.29, 0.717) is 0 Å². The van der Waals surface area contributed by atoms with Crippen LogP contribution < -0.4 is 5.73 Å². The first-order valence-electron chi connectivity index (χ1n) is 5.81. The van der Waals surface area contributed by atoms with Crippen molar-refractivity contribution in [2.75, 3.05) is 14.1 Å². The number of hydrogen-bond acceptors (Lipinski definition) is 3. The Balaban J connectivity index is 0.000000399. The van der Waals surface area contributed by atoms with Gasteiger partial charge in [0.15, 0.2) is 0 Å². The van der Waals surface area contributed by atoms with Gasteiger partial charge in [0.05, 0.1) is 5.54 Å². The molecule has 0 aromatic rings. The summed E-state index contributed by atoms with van der Waals surface area (Å²) in [5.74, 6) is -2.67. The number of carboxylic acid groups (broad SMARTS) is 1. The Kier molecular flexibility index (Phi) is 6.28. The first-order valence-corrected chi connectivity index (χ1v) is 5.81. The normalized spacial score (nSPS) is 18.0. The number of carboxylic acids is 1. The Labute approximate surface area is 109 Å². The van der Waals surface area contributed by atoms with Crippen molar-refractivity contribution in [2.45, 2.75) is 43.8 Å². The molecule has 1 fully saturated rings. The zero-order chi connectivity index (χ0) is 15.3. The smallest absolute Gasteiger partial charge is 0.475 e. The van der Waals surface area contributed by atoms with Gasteiger partial charge in [0, 0.05) is 14.1 Å². The largest absolute Gasteiger partial charge is 0.490 e. The van der Waals surface area contributed by atoms with E-state index in [0.717, 1.165) is 25.7 Å². The summed E-state index contributed by atoms with van der Waals surface area (Å²) in [7, 11) is 3.54. The van der Waals surface area contributed by atoms with Crippen molar-refractivity contribution in [1.82, 2.24) is 4.90 Å².